The van der Waals surface area contributed by atoms with Crippen LogP contribution >= 0.6 is 0 Å². The Morgan fingerprint density at radius 3 is 2.56 bits per heavy atom. The molecule has 9 heteroatoms. The van der Waals surface area contributed by atoms with Crippen molar-refractivity contribution >= 4 is 17.7 Å². The lowest BCUT2D eigenvalue weighted by atomic mass is 10.00. The minimum Gasteiger partial charge on any atom is -0.478 e. The Morgan fingerprint density at radius 2 is 1.81 bits per heavy atom. The summed E-state index contributed by atoms with van der Waals surface area (Å²) >= 11 is 0. The average molecular weight is 440 g/mol. The van der Waals surface area contributed by atoms with E-state index < -0.39 is 24.1 Å². The fraction of sp³-hybridized carbons (Fsp3) is 0.174. The number of amides is 1. The number of aryl methyl sites for hydroxylation is 1. The Kier molecular flexibility index (Phi) is 5.25. The second kappa shape index (κ2) is 7.92. The normalized spacial score (nSPS) is 14.6. The van der Waals surface area contributed by atoms with Crippen molar-refractivity contribution in [2.24, 2.45) is 0 Å². The zero-order chi connectivity index (χ0) is 23.0. The number of rotatable bonds is 5. The van der Waals surface area contributed by atoms with Crippen LogP contribution in [0.4, 0.5) is 14.6 Å². The van der Waals surface area contributed by atoms with Crippen LogP contribution in [-0.4, -0.2) is 28.3 Å². The molecule has 0 radical (unpaired) electrons. The topological polar surface area (TPSA) is 97.8 Å². The van der Waals surface area contributed by atoms with Gasteiger partial charge >= 0.3 is 12.3 Å². The third kappa shape index (κ3) is 4.22. The first-order valence-electron chi connectivity index (χ1n) is 9.65. The molecule has 7 nitrogen and oxygen atoms in total. The Hall–Kier alpha value is -4.01. The predicted molar refractivity (Wildman–Crippen MR) is 111 cm³/mol. The van der Waals surface area contributed by atoms with E-state index in [0.717, 1.165) is 5.56 Å². The van der Waals surface area contributed by atoms with E-state index in [9.17, 15) is 23.5 Å². The highest BCUT2D eigenvalue weighted by Gasteiger charge is 2.43. The number of alkyl halides is 2. The molecule has 2 aromatic carbocycles. The first-order valence-corrected chi connectivity index (χ1v) is 9.65. The van der Waals surface area contributed by atoms with Crippen molar-refractivity contribution in [2.45, 2.75) is 26.1 Å². The minimum atomic E-state index is -3.73. The number of halogens is 2. The first-order chi connectivity index (χ1) is 15.1. The molecule has 164 valence electrons. The minimum absolute atomic E-state index is 0.0974. The number of anilines is 1. The van der Waals surface area contributed by atoms with Gasteiger partial charge in [-0.2, -0.15) is 0 Å². The van der Waals surface area contributed by atoms with Gasteiger partial charge in [0.05, 0.1) is 17.2 Å². The Morgan fingerprint density at radius 1 is 1.06 bits per heavy atom. The van der Waals surface area contributed by atoms with Crippen molar-refractivity contribution in [2.75, 3.05) is 5.32 Å². The lowest BCUT2D eigenvalue weighted by Gasteiger charge is -2.14. The fourth-order valence-corrected chi connectivity index (χ4v) is 3.31. The molecule has 1 aromatic heterocycles. The van der Waals surface area contributed by atoms with Crippen molar-refractivity contribution in [3.8, 4) is 22.8 Å². The lowest BCUT2D eigenvalue weighted by molar-refractivity contribution is -0.286. The van der Waals surface area contributed by atoms with E-state index in [-0.39, 0.29) is 22.9 Å². The molecule has 0 aliphatic carbocycles. The van der Waals surface area contributed by atoms with Crippen LogP contribution in [-0.2, 0) is 4.79 Å². The SMILES string of the molecule is Cc1ccc(NC(=O)C(C)c2ccc3c(c2)OC(F)(F)O3)nc1-c1cccc(C(=O)O)c1. The van der Waals surface area contributed by atoms with Crippen LogP contribution in [0.15, 0.2) is 54.6 Å². The van der Waals surface area contributed by atoms with Crippen LogP contribution in [0.5, 0.6) is 11.5 Å². The highest BCUT2D eigenvalue weighted by Crippen LogP contribution is 2.42. The third-order valence-electron chi connectivity index (χ3n) is 5.05. The molecule has 0 spiro atoms. The number of hydrogen-bond donors (Lipinski definition) is 2. The number of aromatic nitrogens is 1. The summed E-state index contributed by atoms with van der Waals surface area (Å²) in [5.74, 6) is -2.11. The van der Waals surface area contributed by atoms with Crippen LogP contribution in [0, 0.1) is 6.92 Å². The van der Waals surface area contributed by atoms with E-state index in [1.165, 1.54) is 30.3 Å². The number of pyridine rings is 1. The summed E-state index contributed by atoms with van der Waals surface area (Å²) < 4.78 is 35.3. The Balaban J connectivity index is 1.55. The quantitative estimate of drug-likeness (QED) is 0.591. The van der Waals surface area contributed by atoms with Gasteiger partial charge in [-0.1, -0.05) is 24.3 Å². The smallest absolute Gasteiger partial charge is 0.478 e. The molecule has 1 atom stereocenters. The second-order valence-electron chi connectivity index (χ2n) is 7.33. The number of aromatic carboxylic acids is 1. The number of hydrogen-bond acceptors (Lipinski definition) is 5. The van der Waals surface area contributed by atoms with Gasteiger partial charge in [-0.05, 0) is 55.3 Å². The van der Waals surface area contributed by atoms with Crippen LogP contribution in [0.3, 0.4) is 0 Å². The van der Waals surface area contributed by atoms with Gasteiger partial charge in [0.25, 0.3) is 0 Å². The van der Waals surface area contributed by atoms with E-state index in [4.69, 9.17) is 0 Å². The van der Waals surface area contributed by atoms with E-state index >= 15 is 0 Å². The Bertz CT molecular complexity index is 1230. The summed E-state index contributed by atoms with van der Waals surface area (Å²) in [4.78, 5) is 28.5. The summed E-state index contributed by atoms with van der Waals surface area (Å²) in [7, 11) is 0. The first kappa shape index (κ1) is 21.2. The number of nitrogens with zero attached hydrogens (tertiary/aromatic N) is 1. The van der Waals surface area contributed by atoms with Gasteiger partial charge in [-0.25, -0.2) is 9.78 Å². The number of fused-ring (bicyclic) bond motifs is 1. The summed E-state index contributed by atoms with van der Waals surface area (Å²) in [5, 5.41) is 11.9. The van der Waals surface area contributed by atoms with Crippen LogP contribution in [0.1, 0.15) is 34.3 Å². The summed E-state index contributed by atoms with van der Waals surface area (Å²) in [6.45, 7) is 3.45. The summed E-state index contributed by atoms with van der Waals surface area (Å²) in [6, 6.07) is 13.9. The van der Waals surface area contributed by atoms with Crippen molar-refractivity contribution in [3.05, 3.63) is 71.3 Å². The zero-order valence-electron chi connectivity index (χ0n) is 17.1. The van der Waals surface area contributed by atoms with Gasteiger partial charge in [0, 0.05) is 5.56 Å². The highest BCUT2D eigenvalue weighted by molar-refractivity contribution is 5.95. The van der Waals surface area contributed by atoms with Gasteiger partial charge in [0.2, 0.25) is 5.91 Å². The maximum Gasteiger partial charge on any atom is 0.586 e. The number of nitrogens with one attached hydrogen (secondary N) is 1. The molecule has 2 heterocycles. The third-order valence-corrected chi connectivity index (χ3v) is 5.05. The number of ether oxygens (including phenoxy) is 2. The fourth-order valence-electron chi connectivity index (χ4n) is 3.31. The number of carbonyl (C=O) groups is 2. The highest BCUT2D eigenvalue weighted by atomic mass is 19.3. The standard InChI is InChI=1S/C23H18F2N2O5/c1-12-6-9-19(26-20(12)15-4-3-5-16(10-15)22(29)30)27-21(28)13(2)14-7-8-17-18(11-14)32-23(24,25)31-17/h3-11,13H,1-2H3,(H,29,30)(H,26,27,28). The average Bonchev–Trinajstić information content (AvgIpc) is 3.07. The van der Waals surface area contributed by atoms with E-state index in [1.807, 2.05) is 6.92 Å². The molecule has 1 amide bonds. The van der Waals surface area contributed by atoms with Gasteiger partial charge in [0.15, 0.2) is 11.5 Å². The van der Waals surface area contributed by atoms with Crippen LogP contribution < -0.4 is 14.8 Å². The number of benzene rings is 2. The van der Waals surface area contributed by atoms with Gasteiger partial charge in [-0.3, -0.25) is 4.79 Å². The molecule has 1 unspecified atom stereocenters. The number of carbonyl (C=O) groups excluding carboxylic acids is 1. The summed E-state index contributed by atoms with van der Waals surface area (Å²) in [5.41, 5.74) is 2.52. The lowest BCUT2D eigenvalue weighted by Crippen LogP contribution is -2.25. The number of carboxylic acid groups (broad SMARTS) is 1. The van der Waals surface area contributed by atoms with Crippen LogP contribution in [0.25, 0.3) is 11.3 Å². The summed E-state index contributed by atoms with van der Waals surface area (Å²) in [6.07, 6.45) is -3.73. The van der Waals surface area contributed by atoms with Crippen molar-refractivity contribution in [1.29, 1.82) is 0 Å². The van der Waals surface area contributed by atoms with Crippen molar-refractivity contribution in [3.63, 3.8) is 0 Å². The molecule has 4 rings (SSSR count). The number of carboxylic acids is 1. The molecule has 32 heavy (non-hydrogen) atoms. The largest absolute Gasteiger partial charge is 0.586 e. The molecule has 0 saturated heterocycles. The van der Waals surface area contributed by atoms with Crippen molar-refractivity contribution < 1.29 is 33.0 Å². The maximum atomic E-state index is 13.2. The molecule has 2 N–H and O–H groups in total. The molecule has 3 aromatic rings. The molecular weight excluding hydrogens is 422 g/mol. The van der Waals surface area contributed by atoms with Crippen LogP contribution in [0.2, 0.25) is 0 Å². The molecule has 0 fully saturated rings. The van der Waals surface area contributed by atoms with Crippen molar-refractivity contribution in [1.82, 2.24) is 4.98 Å². The zero-order valence-corrected chi connectivity index (χ0v) is 17.1. The molecular formula is C23H18F2N2O5. The molecule has 0 saturated carbocycles. The molecule has 1 aliphatic heterocycles. The van der Waals surface area contributed by atoms with E-state index in [0.29, 0.717) is 16.8 Å². The van der Waals surface area contributed by atoms with Gasteiger partial charge < -0.3 is 19.9 Å². The predicted octanol–water partition coefficient (Wildman–Crippen LogP) is 4.82. The van der Waals surface area contributed by atoms with E-state index in [1.54, 1.807) is 31.2 Å². The second-order valence-corrected chi connectivity index (χ2v) is 7.33. The van der Waals surface area contributed by atoms with Gasteiger partial charge in [0.1, 0.15) is 5.82 Å². The van der Waals surface area contributed by atoms with E-state index in [2.05, 4.69) is 19.8 Å². The maximum absolute atomic E-state index is 13.2. The van der Waals surface area contributed by atoms with Gasteiger partial charge in [-0.15, -0.1) is 8.78 Å². The monoisotopic (exact) mass is 440 g/mol. The molecule has 0 bridgehead atoms. The Labute approximate surface area is 181 Å². The molecule has 1 aliphatic rings.